The van der Waals surface area contributed by atoms with Gasteiger partial charge in [-0.25, -0.2) is 4.98 Å². The molecule has 1 unspecified atom stereocenters. The predicted molar refractivity (Wildman–Crippen MR) is 125 cm³/mol. The normalized spacial score (nSPS) is 19.6. The monoisotopic (exact) mass is 527 g/mol. The number of aliphatic hydroxyl groups is 1. The van der Waals surface area contributed by atoms with E-state index in [0.717, 1.165) is 42.8 Å². The van der Waals surface area contributed by atoms with E-state index in [1.807, 2.05) is 24.3 Å². The van der Waals surface area contributed by atoms with Gasteiger partial charge in [-0.3, -0.25) is 4.98 Å². The van der Waals surface area contributed by atoms with E-state index < -0.39 is 29.7 Å². The Bertz CT molecular complexity index is 1140. The van der Waals surface area contributed by atoms with Crippen LogP contribution in [0.2, 0.25) is 0 Å². The molecule has 36 heavy (non-hydrogen) atoms. The molecule has 4 rings (SSSR count). The molecule has 2 heterocycles. The first-order valence-corrected chi connectivity index (χ1v) is 12.1. The fourth-order valence-electron chi connectivity index (χ4n) is 4.04. The molecule has 2 aromatic heterocycles. The van der Waals surface area contributed by atoms with E-state index in [9.17, 15) is 31.4 Å². The van der Waals surface area contributed by atoms with Crippen molar-refractivity contribution in [3.63, 3.8) is 0 Å². The second-order valence-corrected chi connectivity index (χ2v) is 9.98. The largest absolute Gasteiger partial charge is 0.420 e. The minimum Gasteiger partial charge on any atom is -0.378 e. The Labute approximate surface area is 208 Å². The number of hydrogen-bond acceptors (Lipinski definition) is 5. The van der Waals surface area contributed by atoms with Crippen LogP contribution < -0.4 is 5.32 Å². The van der Waals surface area contributed by atoms with Gasteiger partial charge < -0.3 is 10.4 Å². The summed E-state index contributed by atoms with van der Waals surface area (Å²) in [7, 11) is 0. The van der Waals surface area contributed by atoms with Gasteiger partial charge in [-0.1, -0.05) is 12.1 Å². The van der Waals surface area contributed by atoms with Crippen molar-refractivity contribution in [3.05, 3.63) is 72.2 Å². The summed E-state index contributed by atoms with van der Waals surface area (Å²) in [5.74, 6) is 0.428. The number of nitrogens with zero attached hydrogens (tertiary/aromatic N) is 2. The van der Waals surface area contributed by atoms with Gasteiger partial charge >= 0.3 is 12.4 Å². The number of rotatable bonds is 6. The smallest absolute Gasteiger partial charge is 0.378 e. The summed E-state index contributed by atoms with van der Waals surface area (Å²) in [6.45, 7) is 0. The molecule has 0 saturated heterocycles. The maximum atomic E-state index is 12.8. The van der Waals surface area contributed by atoms with Crippen molar-refractivity contribution >= 4 is 17.6 Å². The number of alkyl halides is 6. The zero-order chi connectivity index (χ0) is 25.9. The molecule has 0 spiro atoms. The van der Waals surface area contributed by atoms with Crippen molar-refractivity contribution in [3.8, 4) is 11.1 Å². The molecule has 0 amide bonds. The highest BCUT2D eigenvalue weighted by molar-refractivity contribution is 8.00. The van der Waals surface area contributed by atoms with Crippen LogP contribution in [-0.2, 0) is 6.18 Å². The second kappa shape index (κ2) is 10.7. The summed E-state index contributed by atoms with van der Waals surface area (Å²) < 4.78 is 76.4. The van der Waals surface area contributed by atoms with Crippen LogP contribution in [0.4, 0.5) is 32.2 Å². The highest BCUT2D eigenvalue weighted by Crippen LogP contribution is 2.37. The van der Waals surface area contributed by atoms with Crippen molar-refractivity contribution in [2.45, 2.75) is 60.3 Å². The minimum absolute atomic E-state index is 0.140. The summed E-state index contributed by atoms with van der Waals surface area (Å²) in [5.41, 5.74) is 0.0235. The number of aliphatic hydroxyl groups excluding tert-OH is 1. The maximum absolute atomic E-state index is 12.8. The Balaban J connectivity index is 1.29. The third-order valence-electron chi connectivity index (χ3n) is 5.98. The number of anilines is 1. The van der Waals surface area contributed by atoms with Crippen molar-refractivity contribution in [2.24, 2.45) is 0 Å². The average molecular weight is 528 g/mol. The van der Waals surface area contributed by atoms with Crippen molar-refractivity contribution < 1.29 is 31.4 Å². The quantitative estimate of drug-likeness (QED) is 0.330. The van der Waals surface area contributed by atoms with Crippen LogP contribution in [0, 0.1) is 0 Å². The van der Waals surface area contributed by atoms with Gasteiger partial charge in [0.05, 0.1) is 11.3 Å². The molecule has 1 aromatic carbocycles. The lowest BCUT2D eigenvalue weighted by molar-refractivity contribution is -0.207. The molecule has 1 aliphatic rings. The number of halogens is 6. The lowest BCUT2D eigenvalue weighted by atomic mass is 9.95. The molecule has 3 aromatic rings. The molecule has 4 nitrogen and oxygen atoms in total. The fourth-order valence-corrected chi connectivity index (χ4v) is 5.23. The zero-order valence-electron chi connectivity index (χ0n) is 18.9. The van der Waals surface area contributed by atoms with Crippen LogP contribution in [0.5, 0.6) is 0 Å². The Kier molecular flexibility index (Phi) is 7.79. The van der Waals surface area contributed by atoms with E-state index in [1.54, 1.807) is 17.8 Å². The Morgan fingerprint density at radius 1 is 0.861 bits per heavy atom. The highest BCUT2D eigenvalue weighted by atomic mass is 32.2. The summed E-state index contributed by atoms with van der Waals surface area (Å²) in [6, 6.07) is 12.8. The van der Waals surface area contributed by atoms with Gasteiger partial charge in [0.15, 0.2) is 6.10 Å². The molecule has 0 radical (unpaired) electrons. The van der Waals surface area contributed by atoms with E-state index in [-0.39, 0.29) is 6.04 Å². The van der Waals surface area contributed by atoms with Gasteiger partial charge in [0.2, 0.25) is 0 Å². The molecular weight excluding hydrogens is 504 g/mol. The maximum Gasteiger partial charge on any atom is 0.420 e. The van der Waals surface area contributed by atoms with Crippen molar-refractivity contribution in [2.75, 3.05) is 5.32 Å². The number of benzene rings is 1. The molecule has 11 heteroatoms. The fraction of sp³-hybridized carbons (Fsp3) is 0.360. The van der Waals surface area contributed by atoms with E-state index in [1.165, 1.54) is 18.3 Å². The minimum atomic E-state index is -4.78. The van der Waals surface area contributed by atoms with Crippen LogP contribution in [0.25, 0.3) is 11.1 Å². The zero-order valence-corrected chi connectivity index (χ0v) is 19.7. The van der Waals surface area contributed by atoms with E-state index in [2.05, 4.69) is 15.3 Å². The van der Waals surface area contributed by atoms with Gasteiger partial charge in [0, 0.05) is 28.6 Å². The first-order chi connectivity index (χ1) is 17.0. The van der Waals surface area contributed by atoms with Gasteiger partial charge in [-0.05, 0) is 73.2 Å². The van der Waals surface area contributed by atoms with E-state index in [0.29, 0.717) is 22.2 Å². The molecule has 1 aliphatic carbocycles. The molecule has 192 valence electrons. The van der Waals surface area contributed by atoms with Crippen LogP contribution >= 0.6 is 11.8 Å². The Hall–Kier alpha value is -2.79. The standard InChI is InChI=1S/C25H23F6N3OS/c26-24(27,28)17-3-10-22(33-14-17)34-18-4-8-20(9-5-18)36-19-6-1-15(2-7-19)16-11-12-32-21(13-16)23(35)25(29,30)31/h1-3,6-7,10-14,18,20,23,35H,4-5,8-9H2,(H,33,34). The number of hydrogen-bond donors (Lipinski definition) is 2. The number of thioether (sulfide) groups is 1. The molecule has 1 fully saturated rings. The molecule has 2 N–H and O–H groups in total. The first-order valence-electron chi connectivity index (χ1n) is 11.3. The van der Waals surface area contributed by atoms with Crippen LogP contribution in [0.15, 0.2) is 65.8 Å². The summed E-state index contributed by atoms with van der Waals surface area (Å²) in [4.78, 5) is 8.55. The summed E-state index contributed by atoms with van der Waals surface area (Å²) in [6.07, 6.45) is -6.17. The van der Waals surface area contributed by atoms with Crippen LogP contribution in [-0.4, -0.2) is 32.5 Å². The third kappa shape index (κ3) is 6.70. The van der Waals surface area contributed by atoms with Gasteiger partial charge in [-0.2, -0.15) is 26.3 Å². The summed E-state index contributed by atoms with van der Waals surface area (Å²) >= 11 is 1.72. The predicted octanol–water partition coefficient (Wildman–Crippen LogP) is 7.27. The van der Waals surface area contributed by atoms with Gasteiger partial charge in [0.25, 0.3) is 0 Å². The Morgan fingerprint density at radius 2 is 1.56 bits per heavy atom. The second-order valence-electron chi connectivity index (χ2n) is 8.60. The van der Waals surface area contributed by atoms with Crippen LogP contribution in [0.1, 0.15) is 43.0 Å². The van der Waals surface area contributed by atoms with E-state index in [4.69, 9.17) is 0 Å². The molecule has 0 aliphatic heterocycles. The third-order valence-corrected chi connectivity index (χ3v) is 7.33. The highest BCUT2D eigenvalue weighted by Gasteiger charge is 2.40. The topological polar surface area (TPSA) is 58.0 Å². The number of nitrogens with one attached hydrogen (secondary N) is 1. The Morgan fingerprint density at radius 3 is 2.14 bits per heavy atom. The molecule has 1 atom stereocenters. The van der Waals surface area contributed by atoms with Crippen LogP contribution in [0.3, 0.4) is 0 Å². The lowest BCUT2D eigenvalue weighted by Crippen LogP contribution is -2.27. The first kappa shape index (κ1) is 26.3. The SMILES string of the molecule is OC(c1cc(-c2ccc(SC3CCC(Nc4ccc(C(F)(F)F)cn4)CC3)cc2)ccn1)C(F)(F)F. The van der Waals surface area contributed by atoms with Crippen molar-refractivity contribution in [1.82, 2.24) is 9.97 Å². The molecule has 1 saturated carbocycles. The number of pyridine rings is 2. The lowest BCUT2D eigenvalue weighted by Gasteiger charge is -2.29. The number of aromatic nitrogens is 2. The van der Waals surface area contributed by atoms with E-state index >= 15 is 0 Å². The van der Waals surface area contributed by atoms with Gasteiger partial charge in [-0.15, -0.1) is 11.8 Å². The molecule has 0 bridgehead atoms. The summed E-state index contributed by atoms with van der Waals surface area (Å²) in [5, 5.41) is 13.0. The average Bonchev–Trinajstić information content (AvgIpc) is 2.84. The van der Waals surface area contributed by atoms with Gasteiger partial charge in [0.1, 0.15) is 5.82 Å². The van der Waals surface area contributed by atoms with Crippen molar-refractivity contribution in [1.29, 1.82) is 0 Å². The molecular formula is C25H23F6N3OS.